The molecule has 1 aromatic heterocycles. The highest BCUT2D eigenvalue weighted by Gasteiger charge is 2.41. The highest BCUT2D eigenvalue weighted by Crippen LogP contribution is 2.26. The van der Waals surface area contributed by atoms with E-state index in [4.69, 9.17) is 4.74 Å². The summed E-state index contributed by atoms with van der Waals surface area (Å²) in [4.78, 5) is 30.8. The number of hydrogen-bond donors (Lipinski definition) is 0. The van der Waals surface area contributed by atoms with E-state index >= 15 is 0 Å². The summed E-state index contributed by atoms with van der Waals surface area (Å²) >= 11 is 0. The molecule has 9 heteroatoms. The van der Waals surface area contributed by atoms with Crippen LogP contribution in [0.1, 0.15) is 12.5 Å². The fraction of sp³-hybridized carbons (Fsp3) is 0.750. The fourth-order valence-electron chi connectivity index (χ4n) is 3.71. The van der Waals surface area contributed by atoms with Gasteiger partial charge in [0, 0.05) is 58.4 Å². The van der Waals surface area contributed by atoms with Gasteiger partial charge in [-0.05, 0) is 0 Å². The van der Waals surface area contributed by atoms with Gasteiger partial charge in [-0.2, -0.15) is 0 Å². The van der Waals surface area contributed by atoms with E-state index in [2.05, 4.69) is 15.2 Å². The maximum absolute atomic E-state index is 12.6. The normalized spacial score (nSPS) is 25.4. The number of carbonyl (C=O) groups excluding carboxylic acids is 2. The molecule has 0 aliphatic carbocycles. The van der Waals surface area contributed by atoms with Crippen molar-refractivity contribution in [2.24, 2.45) is 5.92 Å². The first kappa shape index (κ1) is 16.5. The second-order valence-electron chi connectivity index (χ2n) is 6.97. The van der Waals surface area contributed by atoms with Crippen LogP contribution < -0.4 is 0 Å². The number of ether oxygens (including phenoxy) is 1. The molecule has 1 atom stereocenters. The van der Waals surface area contributed by atoms with Crippen molar-refractivity contribution in [1.82, 2.24) is 29.7 Å². The summed E-state index contributed by atoms with van der Waals surface area (Å²) in [6.07, 6.45) is 3.80. The number of rotatable bonds is 5. The average molecular weight is 348 g/mol. The number of likely N-dealkylation sites (tertiary alicyclic amines) is 2. The van der Waals surface area contributed by atoms with E-state index in [9.17, 15) is 9.59 Å². The third-order valence-electron chi connectivity index (χ3n) is 5.34. The Labute approximate surface area is 146 Å². The first-order valence-corrected chi connectivity index (χ1v) is 8.93. The second kappa shape index (κ2) is 7.09. The monoisotopic (exact) mass is 348 g/mol. The maximum atomic E-state index is 12.6. The van der Waals surface area contributed by atoms with Gasteiger partial charge < -0.3 is 14.5 Å². The smallest absolute Gasteiger partial charge is 0.228 e. The van der Waals surface area contributed by atoms with E-state index < -0.39 is 0 Å². The lowest BCUT2D eigenvalue weighted by Gasteiger charge is -2.40. The highest BCUT2D eigenvalue weighted by molar-refractivity contribution is 5.89. The van der Waals surface area contributed by atoms with Crippen LogP contribution in [0, 0.1) is 5.92 Å². The first-order chi connectivity index (χ1) is 12.2. The quantitative estimate of drug-likeness (QED) is 0.668. The highest BCUT2D eigenvalue weighted by atomic mass is 16.5. The summed E-state index contributed by atoms with van der Waals surface area (Å²) in [5, 5.41) is 7.77. The molecule has 1 unspecified atom stereocenters. The van der Waals surface area contributed by atoms with E-state index in [0.717, 1.165) is 32.8 Å². The fourth-order valence-corrected chi connectivity index (χ4v) is 3.71. The van der Waals surface area contributed by atoms with Crippen LogP contribution in [0.5, 0.6) is 0 Å². The molecule has 2 amide bonds. The van der Waals surface area contributed by atoms with Crippen LogP contribution in [0.2, 0.25) is 0 Å². The topological polar surface area (TPSA) is 83.8 Å². The summed E-state index contributed by atoms with van der Waals surface area (Å²) in [5.74, 6) is -0.00701. The lowest BCUT2D eigenvalue weighted by atomic mass is 10.0. The third-order valence-corrected chi connectivity index (χ3v) is 5.34. The van der Waals surface area contributed by atoms with Gasteiger partial charge in [0.05, 0.1) is 31.4 Å². The van der Waals surface area contributed by atoms with Gasteiger partial charge >= 0.3 is 0 Å². The largest absolute Gasteiger partial charge is 0.379 e. The molecule has 4 rings (SSSR count). The van der Waals surface area contributed by atoms with Crippen LogP contribution in [0.25, 0.3) is 0 Å². The molecule has 3 saturated heterocycles. The van der Waals surface area contributed by atoms with Gasteiger partial charge in [-0.15, -0.1) is 5.10 Å². The number of morpholine rings is 1. The predicted molar refractivity (Wildman–Crippen MR) is 87.6 cm³/mol. The van der Waals surface area contributed by atoms with Crippen LogP contribution in [0.15, 0.2) is 12.4 Å². The number of aromatic nitrogens is 3. The van der Waals surface area contributed by atoms with Gasteiger partial charge in [-0.25, -0.2) is 4.68 Å². The maximum Gasteiger partial charge on any atom is 0.228 e. The van der Waals surface area contributed by atoms with Gasteiger partial charge in [0.15, 0.2) is 0 Å². The zero-order chi connectivity index (χ0) is 17.2. The molecule has 0 saturated carbocycles. The third kappa shape index (κ3) is 3.52. The Morgan fingerprint density at radius 1 is 1.20 bits per heavy atom. The van der Waals surface area contributed by atoms with E-state index in [-0.39, 0.29) is 23.8 Å². The SMILES string of the molecule is O=C1CC(C(=O)N2CC(n3ccnn3)C2)CN1CCN1CCOCC1. The Bertz CT molecular complexity index is 609. The molecule has 3 fully saturated rings. The van der Waals surface area contributed by atoms with E-state index in [1.165, 1.54) is 0 Å². The van der Waals surface area contributed by atoms with Crippen molar-refractivity contribution in [3.8, 4) is 0 Å². The Morgan fingerprint density at radius 3 is 2.72 bits per heavy atom. The summed E-state index contributed by atoms with van der Waals surface area (Å²) in [6.45, 7) is 6.77. The zero-order valence-corrected chi connectivity index (χ0v) is 14.3. The minimum absolute atomic E-state index is 0.0959. The summed E-state index contributed by atoms with van der Waals surface area (Å²) in [5.41, 5.74) is 0. The van der Waals surface area contributed by atoms with Crippen molar-refractivity contribution in [3.05, 3.63) is 12.4 Å². The number of nitrogens with zero attached hydrogens (tertiary/aromatic N) is 6. The second-order valence-corrected chi connectivity index (χ2v) is 6.97. The molecule has 0 radical (unpaired) electrons. The van der Waals surface area contributed by atoms with Gasteiger partial charge in [0.1, 0.15) is 0 Å². The van der Waals surface area contributed by atoms with Crippen molar-refractivity contribution in [2.45, 2.75) is 12.5 Å². The molecule has 1 aromatic rings. The zero-order valence-electron chi connectivity index (χ0n) is 14.3. The molecule has 136 valence electrons. The van der Waals surface area contributed by atoms with E-state index in [1.54, 1.807) is 10.9 Å². The summed E-state index contributed by atoms with van der Waals surface area (Å²) in [7, 11) is 0. The standard InChI is InChI=1S/C16H24N6O3/c23-15-9-13(10-20(15)4-3-19-5-7-25-8-6-19)16(24)21-11-14(12-21)22-2-1-17-18-22/h1-2,13-14H,3-12H2. The predicted octanol–water partition coefficient (Wildman–Crippen LogP) is -1.16. The first-order valence-electron chi connectivity index (χ1n) is 8.93. The molecule has 0 N–H and O–H groups in total. The molecule has 0 spiro atoms. The number of hydrogen-bond acceptors (Lipinski definition) is 6. The van der Waals surface area contributed by atoms with Crippen molar-refractivity contribution >= 4 is 11.8 Å². The van der Waals surface area contributed by atoms with Crippen LogP contribution >= 0.6 is 0 Å². The Kier molecular flexibility index (Phi) is 4.67. The Balaban J connectivity index is 1.23. The number of carbonyl (C=O) groups is 2. The molecule has 3 aliphatic heterocycles. The molecular formula is C16H24N6O3. The Morgan fingerprint density at radius 2 is 2.00 bits per heavy atom. The van der Waals surface area contributed by atoms with Gasteiger partial charge in [-0.3, -0.25) is 14.5 Å². The van der Waals surface area contributed by atoms with Gasteiger partial charge in [0.2, 0.25) is 11.8 Å². The van der Waals surface area contributed by atoms with E-state index in [1.807, 2.05) is 16.0 Å². The average Bonchev–Trinajstić information content (AvgIpc) is 3.22. The lowest BCUT2D eigenvalue weighted by molar-refractivity contribution is -0.141. The van der Waals surface area contributed by atoms with Crippen molar-refractivity contribution < 1.29 is 14.3 Å². The molecule has 25 heavy (non-hydrogen) atoms. The van der Waals surface area contributed by atoms with Crippen molar-refractivity contribution in [2.75, 3.05) is 59.0 Å². The van der Waals surface area contributed by atoms with E-state index in [0.29, 0.717) is 32.6 Å². The molecule has 4 heterocycles. The molecule has 0 aromatic carbocycles. The van der Waals surface area contributed by atoms with Crippen LogP contribution in [-0.2, 0) is 14.3 Å². The molecular weight excluding hydrogens is 324 g/mol. The van der Waals surface area contributed by atoms with Gasteiger partial charge in [-0.1, -0.05) is 5.21 Å². The van der Waals surface area contributed by atoms with Crippen molar-refractivity contribution in [3.63, 3.8) is 0 Å². The number of amides is 2. The van der Waals surface area contributed by atoms with Gasteiger partial charge in [0.25, 0.3) is 0 Å². The molecule has 0 bridgehead atoms. The minimum atomic E-state index is -0.200. The van der Waals surface area contributed by atoms with Crippen LogP contribution in [-0.4, -0.2) is 101 Å². The molecule has 3 aliphatic rings. The minimum Gasteiger partial charge on any atom is -0.379 e. The molecule has 9 nitrogen and oxygen atoms in total. The van der Waals surface area contributed by atoms with Crippen LogP contribution in [0.3, 0.4) is 0 Å². The van der Waals surface area contributed by atoms with Crippen LogP contribution in [0.4, 0.5) is 0 Å². The lowest BCUT2D eigenvalue weighted by Crippen LogP contribution is -2.53. The Hall–Kier alpha value is -2.00. The summed E-state index contributed by atoms with van der Waals surface area (Å²) in [6, 6.07) is 0.209. The van der Waals surface area contributed by atoms with Crippen molar-refractivity contribution in [1.29, 1.82) is 0 Å². The summed E-state index contributed by atoms with van der Waals surface area (Å²) < 4.78 is 7.13.